The molecule has 0 radical (unpaired) electrons. The minimum atomic E-state index is -0.0691. The summed E-state index contributed by atoms with van der Waals surface area (Å²) in [5.41, 5.74) is 4.38. The van der Waals surface area contributed by atoms with E-state index in [1.165, 1.54) is 25.5 Å². The maximum absolute atomic E-state index is 12.7. The van der Waals surface area contributed by atoms with Crippen LogP contribution in [0.5, 0.6) is 0 Å². The molecule has 6 rings (SSSR count). The van der Waals surface area contributed by atoms with Gasteiger partial charge in [0.15, 0.2) is 5.43 Å². The van der Waals surface area contributed by atoms with E-state index in [9.17, 15) is 4.79 Å². The fraction of sp³-hybridized carbons (Fsp3) is 0.304. The number of pyridine rings is 1. The molecule has 1 saturated carbocycles. The molecule has 0 spiro atoms. The molecule has 9 nitrogen and oxygen atoms in total. The van der Waals surface area contributed by atoms with E-state index in [4.69, 9.17) is 9.40 Å². The molecule has 1 aromatic carbocycles. The van der Waals surface area contributed by atoms with Crippen LogP contribution in [0.1, 0.15) is 43.7 Å². The van der Waals surface area contributed by atoms with Crippen LogP contribution in [0, 0.1) is 6.92 Å². The first-order valence-electron chi connectivity index (χ1n) is 10.8. The number of imidazole rings is 1. The van der Waals surface area contributed by atoms with Crippen molar-refractivity contribution in [3.63, 3.8) is 0 Å². The third-order valence-corrected chi connectivity index (χ3v) is 6.29. The first kappa shape index (κ1) is 18.9. The van der Waals surface area contributed by atoms with Gasteiger partial charge >= 0.3 is 0 Å². The maximum Gasteiger partial charge on any atom is 0.229 e. The van der Waals surface area contributed by atoms with Crippen LogP contribution in [-0.4, -0.2) is 35.2 Å². The van der Waals surface area contributed by atoms with Crippen molar-refractivity contribution in [3.05, 3.63) is 52.5 Å². The van der Waals surface area contributed by atoms with Gasteiger partial charge in [-0.1, -0.05) is 19.3 Å². The molecule has 0 bridgehead atoms. The monoisotopic (exact) mass is 427 g/mol. The van der Waals surface area contributed by atoms with Gasteiger partial charge in [-0.15, -0.1) is 10.2 Å². The number of hydrogen-bond donors (Lipinski definition) is 1. The van der Waals surface area contributed by atoms with Gasteiger partial charge in [-0.05, 0) is 49.2 Å². The average Bonchev–Trinajstić information content (AvgIpc) is 3.50. The molecule has 0 saturated heterocycles. The van der Waals surface area contributed by atoms with Crippen LogP contribution >= 0.6 is 0 Å². The normalized spacial score (nSPS) is 15.0. The van der Waals surface area contributed by atoms with Crippen LogP contribution in [0.25, 0.3) is 44.9 Å². The van der Waals surface area contributed by atoms with Crippen molar-refractivity contribution in [1.29, 1.82) is 0 Å². The number of aryl methyl sites for hydroxylation is 1. The van der Waals surface area contributed by atoms with E-state index < -0.39 is 0 Å². The molecule has 5 aromatic rings. The van der Waals surface area contributed by atoms with Crippen molar-refractivity contribution in [3.8, 4) is 22.8 Å². The number of H-pyrrole nitrogens is 1. The highest BCUT2D eigenvalue weighted by Gasteiger charge is 2.23. The molecule has 0 aliphatic heterocycles. The molecule has 160 valence electrons. The number of tetrazole rings is 1. The smallest absolute Gasteiger partial charge is 0.229 e. The predicted octanol–water partition coefficient (Wildman–Crippen LogP) is 4.20. The third-order valence-electron chi connectivity index (χ3n) is 6.29. The quantitative estimate of drug-likeness (QED) is 0.459. The SMILES string of the molecule is Cc1coc2ncc(-c3nc4cc(-c5nn[nH]n5)ccc4n3C3CCCCC3)cc2c1=O. The summed E-state index contributed by atoms with van der Waals surface area (Å²) in [7, 11) is 0. The highest BCUT2D eigenvalue weighted by molar-refractivity contribution is 5.86. The van der Waals surface area contributed by atoms with Gasteiger partial charge in [-0.3, -0.25) is 4.79 Å². The summed E-state index contributed by atoms with van der Waals surface area (Å²) >= 11 is 0. The molecule has 1 N–H and O–H groups in total. The minimum Gasteiger partial charge on any atom is -0.446 e. The minimum absolute atomic E-state index is 0.0691. The first-order chi connectivity index (χ1) is 15.7. The Hall–Kier alpha value is -3.88. The number of nitrogens with zero attached hydrogens (tertiary/aromatic N) is 6. The van der Waals surface area contributed by atoms with Crippen LogP contribution in [0.2, 0.25) is 0 Å². The Morgan fingerprint density at radius 2 is 2.00 bits per heavy atom. The van der Waals surface area contributed by atoms with Crippen molar-refractivity contribution in [2.75, 3.05) is 0 Å². The zero-order chi connectivity index (χ0) is 21.7. The van der Waals surface area contributed by atoms with Gasteiger partial charge in [-0.2, -0.15) is 5.21 Å². The molecule has 4 aromatic heterocycles. The van der Waals surface area contributed by atoms with Gasteiger partial charge in [0.1, 0.15) is 5.82 Å². The van der Waals surface area contributed by atoms with Crippen LogP contribution in [-0.2, 0) is 0 Å². The number of nitrogens with one attached hydrogen (secondary N) is 1. The lowest BCUT2D eigenvalue weighted by Crippen LogP contribution is -2.14. The van der Waals surface area contributed by atoms with Gasteiger partial charge in [0.25, 0.3) is 0 Å². The molecular formula is C23H21N7O2. The summed E-state index contributed by atoms with van der Waals surface area (Å²) in [4.78, 5) is 22.1. The second-order valence-electron chi connectivity index (χ2n) is 8.36. The van der Waals surface area contributed by atoms with Gasteiger partial charge in [-0.25, -0.2) is 9.97 Å². The van der Waals surface area contributed by atoms with E-state index in [0.717, 1.165) is 40.8 Å². The summed E-state index contributed by atoms with van der Waals surface area (Å²) in [6.07, 6.45) is 9.06. The highest BCUT2D eigenvalue weighted by Crippen LogP contribution is 2.37. The van der Waals surface area contributed by atoms with Gasteiger partial charge in [0.05, 0.1) is 22.7 Å². The topological polar surface area (TPSA) is 115 Å². The number of benzene rings is 1. The molecular weight excluding hydrogens is 406 g/mol. The summed E-state index contributed by atoms with van der Waals surface area (Å²) in [6.45, 7) is 1.74. The summed E-state index contributed by atoms with van der Waals surface area (Å²) < 4.78 is 7.83. The summed E-state index contributed by atoms with van der Waals surface area (Å²) in [5.74, 6) is 1.34. The number of hydrogen-bond acceptors (Lipinski definition) is 7. The average molecular weight is 427 g/mol. The Balaban J connectivity index is 1.58. The van der Waals surface area contributed by atoms with Gasteiger partial charge in [0.2, 0.25) is 11.5 Å². The van der Waals surface area contributed by atoms with Crippen molar-refractivity contribution in [1.82, 2.24) is 35.2 Å². The number of aromatic amines is 1. The second kappa shape index (κ2) is 7.37. The van der Waals surface area contributed by atoms with Gasteiger partial charge < -0.3 is 8.98 Å². The van der Waals surface area contributed by atoms with E-state index >= 15 is 0 Å². The zero-order valence-electron chi connectivity index (χ0n) is 17.6. The van der Waals surface area contributed by atoms with Crippen LogP contribution < -0.4 is 5.43 Å². The van der Waals surface area contributed by atoms with E-state index in [-0.39, 0.29) is 5.43 Å². The van der Waals surface area contributed by atoms with Crippen molar-refractivity contribution in [2.45, 2.75) is 45.1 Å². The molecule has 1 fully saturated rings. The second-order valence-corrected chi connectivity index (χ2v) is 8.36. The van der Waals surface area contributed by atoms with Crippen LogP contribution in [0.15, 0.2) is 45.9 Å². The molecule has 4 heterocycles. The van der Waals surface area contributed by atoms with Gasteiger partial charge in [0, 0.05) is 28.9 Å². The number of fused-ring (bicyclic) bond motifs is 2. The predicted molar refractivity (Wildman–Crippen MR) is 119 cm³/mol. The zero-order valence-corrected chi connectivity index (χ0v) is 17.6. The fourth-order valence-corrected chi connectivity index (χ4v) is 4.68. The summed E-state index contributed by atoms with van der Waals surface area (Å²) in [6, 6.07) is 8.25. The maximum atomic E-state index is 12.7. The van der Waals surface area contributed by atoms with Crippen LogP contribution in [0.4, 0.5) is 0 Å². The van der Waals surface area contributed by atoms with Crippen molar-refractivity contribution < 1.29 is 4.42 Å². The molecule has 0 atom stereocenters. The Bertz CT molecular complexity index is 1490. The lowest BCUT2D eigenvalue weighted by atomic mass is 9.95. The Labute approximate surface area is 182 Å². The lowest BCUT2D eigenvalue weighted by Gasteiger charge is -2.25. The molecule has 1 aliphatic rings. The largest absolute Gasteiger partial charge is 0.446 e. The molecule has 1 aliphatic carbocycles. The van der Waals surface area contributed by atoms with Crippen molar-refractivity contribution >= 4 is 22.1 Å². The Kier molecular flexibility index (Phi) is 4.34. The highest BCUT2D eigenvalue weighted by atomic mass is 16.3. The lowest BCUT2D eigenvalue weighted by molar-refractivity contribution is 0.362. The number of aromatic nitrogens is 7. The standard InChI is InChI=1S/C23H21N7O2/c1-13-12-32-23-17(20(13)31)9-15(11-24-23)22-25-18-10-14(21-26-28-29-27-21)7-8-19(18)30(22)16-5-3-2-4-6-16/h7-12,16H,2-6H2,1H3,(H,26,27,28,29). The molecule has 9 heteroatoms. The molecule has 32 heavy (non-hydrogen) atoms. The Morgan fingerprint density at radius 3 is 2.81 bits per heavy atom. The van der Waals surface area contributed by atoms with E-state index in [0.29, 0.717) is 28.5 Å². The first-order valence-corrected chi connectivity index (χ1v) is 10.8. The van der Waals surface area contributed by atoms with E-state index in [1.54, 1.807) is 13.1 Å². The fourth-order valence-electron chi connectivity index (χ4n) is 4.68. The van der Waals surface area contributed by atoms with Crippen LogP contribution in [0.3, 0.4) is 0 Å². The third kappa shape index (κ3) is 3.00. The number of rotatable bonds is 3. The van der Waals surface area contributed by atoms with Crippen molar-refractivity contribution in [2.24, 2.45) is 0 Å². The van der Waals surface area contributed by atoms with E-state index in [2.05, 4.69) is 36.2 Å². The van der Waals surface area contributed by atoms with E-state index in [1.807, 2.05) is 18.2 Å². The summed E-state index contributed by atoms with van der Waals surface area (Å²) in [5, 5.41) is 14.8. The molecule has 0 amide bonds. The molecule has 0 unspecified atom stereocenters. The Morgan fingerprint density at radius 1 is 1.12 bits per heavy atom.